The van der Waals surface area contributed by atoms with E-state index in [0.29, 0.717) is 15.9 Å². The summed E-state index contributed by atoms with van der Waals surface area (Å²) in [5, 5.41) is 21.5. The lowest BCUT2D eigenvalue weighted by Crippen LogP contribution is -2.17. The van der Waals surface area contributed by atoms with Crippen LogP contribution in [-0.2, 0) is 0 Å². The Morgan fingerprint density at radius 3 is 2.71 bits per heavy atom. The van der Waals surface area contributed by atoms with Crippen molar-refractivity contribution in [2.45, 2.75) is 17.0 Å². The van der Waals surface area contributed by atoms with E-state index in [4.69, 9.17) is 5.84 Å². The van der Waals surface area contributed by atoms with E-state index in [1.165, 1.54) is 29.9 Å². The van der Waals surface area contributed by atoms with Crippen molar-refractivity contribution in [2.75, 3.05) is 12.9 Å². The van der Waals surface area contributed by atoms with Crippen LogP contribution in [0.25, 0.3) is 0 Å². The minimum Gasteiger partial charge on any atom is -0.355 e. The summed E-state index contributed by atoms with van der Waals surface area (Å²) < 4.78 is 1.24. The molecule has 1 heterocycles. The van der Waals surface area contributed by atoms with Crippen LogP contribution in [0, 0.1) is 17.0 Å². The van der Waals surface area contributed by atoms with Crippen molar-refractivity contribution in [3.63, 3.8) is 0 Å². The molecule has 0 fully saturated rings. The summed E-state index contributed by atoms with van der Waals surface area (Å²) in [7, 11) is 1.45. The predicted molar refractivity (Wildman–Crippen MR) is 75.5 cm³/mol. The third-order valence-corrected chi connectivity index (χ3v) is 3.71. The number of nitrogen functional groups attached to an aromatic ring is 1. The van der Waals surface area contributed by atoms with Crippen LogP contribution in [0.5, 0.6) is 0 Å². The van der Waals surface area contributed by atoms with Gasteiger partial charge in [-0.25, -0.2) is 4.68 Å². The van der Waals surface area contributed by atoms with E-state index in [0.717, 1.165) is 11.8 Å². The molecule has 110 valence electrons. The van der Waals surface area contributed by atoms with Gasteiger partial charge >= 0.3 is 0 Å². The van der Waals surface area contributed by atoms with Crippen LogP contribution in [0.1, 0.15) is 16.2 Å². The lowest BCUT2D eigenvalue weighted by atomic mass is 10.2. The van der Waals surface area contributed by atoms with Gasteiger partial charge in [0.15, 0.2) is 0 Å². The Morgan fingerprint density at radius 1 is 1.48 bits per heavy atom. The van der Waals surface area contributed by atoms with Gasteiger partial charge in [-0.15, -0.1) is 10.2 Å². The Bertz CT molecular complexity index is 714. The highest BCUT2D eigenvalue weighted by atomic mass is 32.2. The molecule has 21 heavy (non-hydrogen) atoms. The standard InChI is InChI=1S/C11H12N6O3S/c1-6-14-15-11(16(6)12)21-9-4-3-7(10(18)13-2)5-8(9)17(19)20/h3-5H,12H2,1-2H3,(H,13,18). The van der Waals surface area contributed by atoms with Crippen molar-refractivity contribution in [2.24, 2.45) is 0 Å². The number of carbonyl (C=O) groups excluding carboxylic acids is 1. The first-order valence-electron chi connectivity index (χ1n) is 5.79. The van der Waals surface area contributed by atoms with E-state index in [2.05, 4.69) is 15.5 Å². The number of nitrogens with zero attached hydrogens (tertiary/aromatic N) is 4. The topological polar surface area (TPSA) is 129 Å². The molecule has 0 radical (unpaired) electrons. The monoisotopic (exact) mass is 308 g/mol. The highest BCUT2D eigenvalue weighted by molar-refractivity contribution is 7.99. The van der Waals surface area contributed by atoms with E-state index in [9.17, 15) is 14.9 Å². The number of benzene rings is 1. The van der Waals surface area contributed by atoms with Crippen LogP contribution >= 0.6 is 11.8 Å². The molecule has 0 saturated heterocycles. The fraction of sp³-hybridized carbons (Fsp3) is 0.182. The minimum absolute atomic E-state index is 0.193. The van der Waals surface area contributed by atoms with Gasteiger partial charge in [0, 0.05) is 18.7 Å². The van der Waals surface area contributed by atoms with Gasteiger partial charge in [-0.2, -0.15) is 0 Å². The summed E-state index contributed by atoms with van der Waals surface area (Å²) in [6.45, 7) is 1.67. The summed E-state index contributed by atoms with van der Waals surface area (Å²) in [6, 6.07) is 4.20. The van der Waals surface area contributed by atoms with Crippen LogP contribution < -0.4 is 11.2 Å². The second-order valence-electron chi connectivity index (χ2n) is 4.02. The number of aromatic nitrogens is 3. The molecule has 0 atom stereocenters. The maximum atomic E-state index is 11.5. The molecule has 0 saturated carbocycles. The number of nitrogens with one attached hydrogen (secondary N) is 1. The number of hydrogen-bond acceptors (Lipinski definition) is 7. The van der Waals surface area contributed by atoms with E-state index in [-0.39, 0.29) is 11.3 Å². The van der Waals surface area contributed by atoms with Crippen LogP contribution in [0.15, 0.2) is 28.3 Å². The fourth-order valence-corrected chi connectivity index (χ4v) is 2.43. The Kier molecular flexibility index (Phi) is 4.08. The van der Waals surface area contributed by atoms with Gasteiger partial charge < -0.3 is 11.2 Å². The first kappa shape index (κ1) is 14.8. The fourth-order valence-electron chi connectivity index (χ4n) is 1.55. The number of nitro groups is 1. The average molecular weight is 308 g/mol. The number of nitro benzene ring substituents is 1. The lowest BCUT2D eigenvalue weighted by molar-refractivity contribution is -0.387. The third-order valence-electron chi connectivity index (χ3n) is 2.68. The molecule has 0 aliphatic rings. The van der Waals surface area contributed by atoms with Gasteiger partial charge in [0.2, 0.25) is 5.16 Å². The van der Waals surface area contributed by atoms with Gasteiger partial charge in [0.05, 0.1) is 9.82 Å². The van der Waals surface area contributed by atoms with Gasteiger partial charge in [-0.1, -0.05) is 0 Å². The molecule has 10 heteroatoms. The van der Waals surface area contributed by atoms with E-state index in [1.807, 2.05) is 0 Å². The quantitative estimate of drug-likeness (QED) is 0.483. The third kappa shape index (κ3) is 2.94. The van der Waals surface area contributed by atoms with Crippen molar-refractivity contribution in [3.05, 3.63) is 39.7 Å². The molecule has 9 nitrogen and oxygen atoms in total. The molecule has 0 aliphatic heterocycles. The summed E-state index contributed by atoms with van der Waals surface area (Å²) in [6.07, 6.45) is 0. The molecular formula is C11H12N6O3S. The largest absolute Gasteiger partial charge is 0.355 e. The first-order chi connectivity index (χ1) is 9.93. The zero-order valence-corrected chi connectivity index (χ0v) is 12.0. The molecule has 0 unspecified atom stereocenters. The maximum absolute atomic E-state index is 11.5. The highest BCUT2D eigenvalue weighted by Crippen LogP contribution is 2.34. The molecule has 1 aromatic heterocycles. The Hall–Kier alpha value is -2.62. The van der Waals surface area contributed by atoms with Crippen molar-refractivity contribution in [1.82, 2.24) is 20.2 Å². The zero-order valence-electron chi connectivity index (χ0n) is 11.2. The molecule has 2 aromatic rings. The van der Waals surface area contributed by atoms with E-state index < -0.39 is 10.8 Å². The summed E-state index contributed by atoms with van der Waals surface area (Å²) in [5.41, 5.74) is 0.0145. The van der Waals surface area contributed by atoms with Gasteiger partial charge in [-0.05, 0) is 30.8 Å². The number of nitrogens with two attached hydrogens (primary N) is 1. The number of carbonyl (C=O) groups is 1. The second kappa shape index (κ2) is 5.79. The van der Waals surface area contributed by atoms with Gasteiger partial charge in [0.25, 0.3) is 11.6 Å². The summed E-state index contributed by atoms with van der Waals surface area (Å²) in [4.78, 5) is 22.4. The number of aryl methyl sites for hydroxylation is 1. The van der Waals surface area contributed by atoms with Gasteiger partial charge in [0.1, 0.15) is 5.82 Å². The average Bonchev–Trinajstić information content (AvgIpc) is 2.78. The van der Waals surface area contributed by atoms with Crippen LogP contribution in [-0.4, -0.2) is 32.8 Å². The molecule has 1 aromatic carbocycles. The van der Waals surface area contributed by atoms with Crippen LogP contribution in [0.4, 0.5) is 5.69 Å². The van der Waals surface area contributed by atoms with Crippen molar-refractivity contribution in [1.29, 1.82) is 0 Å². The Morgan fingerprint density at radius 2 is 2.19 bits per heavy atom. The molecular weight excluding hydrogens is 296 g/mol. The molecule has 0 aliphatic carbocycles. The molecule has 3 N–H and O–H groups in total. The second-order valence-corrected chi connectivity index (χ2v) is 5.03. The Balaban J connectivity index is 2.41. The normalized spacial score (nSPS) is 10.4. The summed E-state index contributed by atoms with van der Waals surface area (Å²) >= 11 is 1.01. The number of hydrogen-bond donors (Lipinski definition) is 2. The van der Waals surface area contributed by atoms with Crippen molar-refractivity contribution >= 4 is 23.4 Å². The van der Waals surface area contributed by atoms with Crippen LogP contribution in [0.2, 0.25) is 0 Å². The molecule has 2 rings (SSSR count). The smallest absolute Gasteiger partial charge is 0.284 e. The summed E-state index contributed by atoms with van der Waals surface area (Å²) in [5.74, 6) is 5.81. The maximum Gasteiger partial charge on any atom is 0.284 e. The predicted octanol–water partition coefficient (Wildman–Crippen LogP) is 0.719. The molecule has 1 amide bonds. The number of rotatable bonds is 4. The van der Waals surface area contributed by atoms with E-state index >= 15 is 0 Å². The molecule has 0 spiro atoms. The highest BCUT2D eigenvalue weighted by Gasteiger charge is 2.20. The van der Waals surface area contributed by atoms with E-state index in [1.54, 1.807) is 6.92 Å². The minimum atomic E-state index is -0.557. The van der Waals surface area contributed by atoms with Crippen molar-refractivity contribution in [3.8, 4) is 0 Å². The van der Waals surface area contributed by atoms with Crippen molar-refractivity contribution < 1.29 is 9.72 Å². The van der Waals surface area contributed by atoms with Crippen LogP contribution in [0.3, 0.4) is 0 Å². The zero-order chi connectivity index (χ0) is 15.6. The lowest BCUT2D eigenvalue weighted by Gasteiger charge is -2.05. The Labute approximate surface area is 123 Å². The first-order valence-corrected chi connectivity index (χ1v) is 6.61. The molecule has 0 bridgehead atoms. The van der Waals surface area contributed by atoms with Gasteiger partial charge in [-0.3, -0.25) is 14.9 Å². The SMILES string of the molecule is CNC(=O)c1ccc(Sc2nnc(C)n2N)c([N+](=O)[O-])c1. The number of amides is 1.